The molecule has 1 aliphatic heterocycles. The van der Waals surface area contributed by atoms with Crippen LogP contribution in [0.5, 0.6) is 0 Å². The van der Waals surface area contributed by atoms with E-state index in [-0.39, 0.29) is 15.4 Å². The van der Waals surface area contributed by atoms with Gasteiger partial charge in [-0.25, -0.2) is 13.1 Å². The molecule has 1 aliphatic rings. The van der Waals surface area contributed by atoms with E-state index >= 15 is 0 Å². The fraction of sp³-hybridized carbons (Fsp3) is 0.471. The minimum Gasteiger partial charge on any atom is -0.303 e. The molecule has 0 atom stereocenters. The maximum atomic E-state index is 12.3. The quantitative estimate of drug-likeness (QED) is 0.510. The lowest BCUT2D eigenvalue weighted by molar-refractivity contribution is 0.102. The average Bonchev–Trinajstić information content (AvgIpc) is 3.16. The summed E-state index contributed by atoms with van der Waals surface area (Å²) in [5.74, 6) is -0.356. The van der Waals surface area contributed by atoms with Crippen molar-refractivity contribution in [3.8, 4) is 0 Å². The van der Waals surface area contributed by atoms with E-state index in [0.717, 1.165) is 37.4 Å². The van der Waals surface area contributed by atoms with Crippen molar-refractivity contribution in [3.05, 3.63) is 35.9 Å². The Bertz CT molecular complexity index is 848. The number of anilines is 1. The van der Waals surface area contributed by atoms with Crippen LogP contribution in [0.4, 0.5) is 5.13 Å². The second-order valence-electron chi connectivity index (χ2n) is 6.35. The first-order chi connectivity index (χ1) is 13.0. The number of likely N-dealkylation sites (tertiary alicyclic amines) is 1. The van der Waals surface area contributed by atoms with Crippen molar-refractivity contribution in [2.24, 2.45) is 0 Å². The van der Waals surface area contributed by atoms with Crippen LogP contribution in [0.2, 0.25) is 0 Å². The molecule has 2 aromatic rings. The van der Waals surface area contributed by atoms with E-state index in [0.29, 0.717) is 12.1 Å². The van der Waals surface area contributed by atoms with Gasteiger partial charge in [-0.3, -0.25) is 10.1 Å². The predicted molar refractivity (Wildman–Crippen MR) is 104 cm³/mol. The Morgan fingerprint density at radius 2 is 1.85 bits per heavy atom. The standard InChI is InChI=1S/C17H23N5O3S2/c23-15(14-8-3-1-4-9-14)19-16-20-21-17(26-16)27(24,25)18-10-7-13-22-11-5-2-6-12-22/h1,3-4,8-9,18H,2,5-7,10-13H2,(H,19,20,23). The van der Waals surface area contributed by atoms with Gasteiger partial charge in [0, 0.05) is 12.1 Å². The Balaban J connectivity index is 1.49. The van der Waals surface area contributed by atoms with Gasteiger partial charge in [-0.2, -0.15) is 0 Å². The van der Waals surface area contributed by atoms with Gasteiger partial charge in [0.15, 0.2) is 0 Å². The van der Waals surface area contributed by atoms with E-state index in [1.165, 1.54) is 19.3 Å². The zero-order chi connectivity index (χ0) is 19.1. The number of carbonyl (C=O) groups is 1. The highest BCUT2D eigenvalue weighted by Crippen LogP contribution is 2.20. The molecule has 2 N–H and O–H groups in total. The summed E-state index contributed by atoms with van der Waals surface area (Å²) in [5, 5.41) is 10.2. The molecule has 0 unspecified atom stereocenters. The van der Waals surface area contributed by atoms with Crippen LogP contribution in [0, 0.1) is 0 Å². The number of piperidine rings is 1. The van der Waals surface area contributed by atoms with Crippen LogP contribution in [-0.2, 0) is 10.0 Å². The third-order valence-corrected chi connectivity index (χ3v) is 6.95. The van der Waals surface area contributed by atoms with Gasteiger partial charge in [-0.1, -0.05) is 36.0 Å². The van der Waals surface area contributed by atoms with Gasteiger partial charge < -0.3 is 4.90 Å². The van der Waals surface area contributed by atoms with Crippen molar-refractivity contribution < 1.29 is 13.2 Å². The number of nitrogens with zero attached hydrogens (tertiary/aromatic N) is 3. The van der Waals surface area contributed by atoms with Gasteiger partial charge in [0.25, 0.3) is 15.9 Å². The Kier molecular flexibility index (Phi) is 6.89. The van der Waals surface area contributed by atoms with Gasteiger partial charge in [-0.15, -0.1) is 10.2 Å². The molecule has 0 spiro atoms. The zero-order valence-electron chi connectivity index (χ0n) is 14.9. The highest BCUT2D eigenvalue weighted by molar-refractivity contribution is 7.91. The molecule has 8 nitrogen and oxygen atoms in total. The van der Waals surface area contributed by atoms with Gasteiger partial charge in [0.2, 0.25) is 9.47 Å². The molecule has 0 saturated carbocycles. The van der Waals surface area contributed by atoms with Crippen LogP contribution in [0.25, 0.3) is 0 Å². The van der Waals surface area contributed by atoms with E-state index in [1.807, 2.05) is 6.07 Å². The van der Waals surface area contributed by atoms with Crippen molar-refractivity contribution in [3.63, 3.8) is 0 Å². The van der Waals surface area contributed by atoms with Crippen LogP contribution < -0.4 is 10.0 Å². The van der Waals surface area contributed by atoms with Crippen LogP contribution in [0.1, 0.15) is 36.0 Å². The predicted octanol–water partition coefficient (Wildman–Crippen LogP) is 1.94. The summed E-state index contributed by atoms with van der Waals surface area (Å²) in [6.45, 7) is 3.42. The zero-order valence-corrected chi connectivity index (χ0v) is 16.6. The number of hydrogen-bond acceptors (Lipinski definition) is 7. The van der Waals surface area contributed by atoms with Crippen molar-refractivity contribution in [2.75, 3.05) is 31.5 Å². The topological polar surface area (TPSA) is 104 Å². The molecule has 0 radical (unpaired) electrons. The van der Waals surface area contributed by atoms with Gasteiger partial charge in [0.1, 0.15) is 0 Å². The number of rotatable bonds is 8. The molecular formula is C17H23N5O3S2. The average molecular weight is 410 g/mol. The van der Waals surface area contributed by atoms with Crippen molar-refractivity contribution in [2.45, 2.75) is 30.0 Å². The highest BCUT2D eigenvalue weighted by atomic mass is 32.2. The third-order valence-electron chi connectivity index (χ3n) is 4.28. The van der Waals surface area contributed by atoms with E-state index in [1.54, 1.807) is 24.3 Å². The molecular weight excluding hydrogens is 386 g/mol. The van der Waals surface area contributed by atoms with E-state index in [9.17, 15) is 13.2 Å². The van der Waals surface area contributed by atoms with E-state index in [4.69, 9.17) is 0 Å². The Labute approximate surface area is 163 Å². The highest BCUT2D eigenvalue weighted by Gasteiger charge is 2.21. The van der Waals surface area contributed by atoms with Crippen LogP contribution in [0.3, 0.4) is 0 Å². The number of aromatic nitrogens is 2. The Hall–Kier alpha value is -1.88. The molecule has 27 heavy (non-hydrogen) atoms. The molecule has 2 heterocycles. The molecule has 1 amide bonds. The molecule has 0 bridgehead atoms. The number of benzene rings is 1. The molecule has 3 rings (SSSR count). The molecule has 10 heteroatoms. The molecule has 1 fully saturated rings. The van der Waals surface area contributed by atoms with Crippen LogP contribution in [-0.4, -0.2) is 55.6 Å². The number of amides is 1. The summed E-state index contributed by atoms with van der Waals surface area (Å²) in [6, 6.07) is 8.64. The van der Waals surface area contributed by atoms with Gasteiger partial charge in [0.05, 0.1) is 0 Å². The fourth-order valence-corrected chi connectivity index (χ4v) is 4.89. The first kappa shape index (κ1) is 19.9. The van der Waals surface area contributed by atoms with Crippen LogP contribution in [0.15, 0.2) is 34.7 Å². The molecule has 1 aromatic carbocycles. The summed E-state index contributed by atoms with van der Waals surface area (Å²) in [6.07, 6.45) is 4.46. The molecule has 146 valence electrons. The summed E-state index contributed by atoms with van der Waals surface area (Å²) >= 11 is 0.834. The second-order valence-corrected chi connectivity index (χ2v) is 9.27. The Morgan fingerprint density at radius 1 is 1.11 bits per heavy atom. The molecule has 0 aliphatic carbocycles. The van der Waals surface area contributed by atoms with E-state index < -0.39 is 10.0 Å². The fourth-order valence-electron chi connectivity index (χ4n) is 2.88. The first-order valence-corrected chi connectivity index (χ1v) is 11.3. The lowest BCUT2D eigenvalue weighted by atomic mass is 10.1. The summed E-state index contributed by atoms with van der Waals surface area (Å²) in [7, 11) is -3.72. The summed E-state index contributed by atoms with van der Waals surface area (Å²) in [5.41, 5.74) is 0.466. The van der Waals surface area contributed by atoms with Gasteiger partial charge in [-0.05, 0) is 51.0 Å². The number of nitrogens with one attached hydrogen (secondary N) is 2. The Morgan fingerprint density at radius 3 is 2.59 bits per heavy atom. The van der Waals surface area contributed by atoms with Crippen molar-refractivity contribution in [1.82, 2.24) is 19.8 Å². The second kappa shape index (κ2) is 9.36. The normalized spacial score (nSPS) is 15.6. The maximum absolute atomic E-state index is 12.3. The smallest absolute Gasteiger partial charge is 0.269 e. The lowest BCUT2D eigenvalue weighted by Crippen LogP contribution is -2.33. The van der Waals surface area contributed by atoms with Crippen LogP contribution >= 0.6 is 11.3 Å². The summed E-state index contributed by atoms with van der Waals surface area (Å²) < 4.78 is 27.1. The number of hydrogen-bond donors (Lipinski definition) is 2. The monoisotopic (exact) mass is 409 g/mol. The van der Waals surface area contributed by atoms with Crippen molar-refractivity contribution >= 4 is 32.4 Å². The molecule has 1 saturated heterocycles. The van der Waals surface area contributed by atoms with Crippen molar-refractivity contribution in [1.29, 1.82) is 0 Å². The lowest BCUT2D eigenvalue weighted by Gasteiger charge is -2.26. The minimum absolute atomic E-state index is 0.149. The SMILES string of the molecule is O=C(Nc1nnc(S(=O)(=O)NCCCN2CCCCC2)s1)c1ccccc1. The largest absolute Gasteiger partial charge is 0.303 e. The number of carbonyl (C=O) groups excluding carboxylic acids is 1. The molecule has 1 aromatic heterocycles. The number of sulfonamides is 1. The maximum Gasteiger partial charge on any atom is 0.269 e. The first-order valence-electron chi connectivity index (χ1n) is 8.96. The van der Waals surface area contributed by atoms with Gasteiger partial charge >= 0.3 is 0 Å². The minimum atomic E-state index is -3.72. The third kappa shape index (κ3) is 5.80. The summed E-state index contributed by atoms with van der Waals surface area (Å²) in [4.78, 5) is 14.5. The van der Waals surface area contributed by atoms with E-state index in [2.05, 4.69) is 25.1 Å².